The van der Waals surface area contributed by atoms with Crippen molar-refractivity contribution in [1.29, 1.82) is 0 Å². The van der Waals surface area contributed by atoms with Gasteiger partial charge in [0.1, 0.15) is 5.82 Å². The number of halogens is 1. The fourth-order valence-corrected chi connectivity index (χ4v) is 3.25. The Hall–Kier alpha value is -1.46. The zero-order valence-corrected chi connectivity index (χ0v) is 12.4. The maximum atomic E-state index is 13.8. The van der Waals surface area contributed by atoms with Crippen LogP contribution in [0.5, 0.6) is 0 Å². The molecule has 1 aromatic carbocycles. The van der Waals surface area contributed by atoms with Crippen molar-refractivity contribution in [2.75, 3.05) is 6.54 Å². The molecule has 1 heterocycles. The summed E-state index contributed by atoms with van der Waals surface area (Å²) in [6.07, 6.45) is 0.806. The second-order valence-corrected chi connectivity index (χ2v) is 5.83. The van der Waals surface area contributed by atoms with Gasteiger partial charge < -0.3 is 10.4 Å². The van der Waals surface area contributed by atoms with E-state index in [1.54, 1.807) is 13.0 Å². The Kier molecular flexibility index (Phi) is 4.73. The molecule has 1 amide bonds. The van der Waals surface area contributed by atoms with Crippen LogP contribution in [-0.2, 0) is 0 Å². The highest BCUT2D eigenvalue weighted by molar-refractivity contribution is 7.21. The van der Waals surface area contributed by atoms with Crippen LogP contribution in [0.25, 0.3) is 10.1 Å². The topological polar surface area (TPSA) is 49.3 Å². The van der Waals surface area contributed by atoms with Crippen LogP contribution in [0, 0.1) is 12.7 Å². The van der Waals surface area contributed by atoms with Gasteiger partial charge >= 0.3 is 0 Å². The van der Waals surface area contributed by atoms with Crippen LogP contribution in [0.3, 0.4) is 0 Å². The Morgan fingerprint density at radius 2 is 2.25 bits per heavy atom. The van der Waals surface area contributed by atoms with Crippen molar-refractivity contribution >= 4 is 27.3 Å². The highest BCUT2D eigenvalue weighted by Gasteiger charge is 2.17. The van der Waals surface area contributed by atoms with Crippen LogP contribution < -0.4 is 5.32 Å². The lowest BCUT2D eigenvalue weighted by molar-refractivity contribution is 0.0945. The molecule has 0 radical (unpaired) electrons. The normalized spacial score (nSPS) is 12.6. The summed E-state index contributed by atoms with van der Waals surface area (Å²) >= 11 is 1.30. The van der Waals surface area contributed by atoms with Crippen LogP contribution in [-0.4, -0.2) is 23.7 Å². The van der Waals surface area contributed by atoms with E-state index in [9.17, 15) is 14.3 Å². The molecule has 0 aliphatic heterocycles. The number of aryl methyl sites for hydroxylation is 1. The quantitative estimate of drug-likeness (QED) is 0.889. The van der Waals surface area contributed by atoms with Gasteiger partial charge in [-0.3, -0.25) is 4.79 Å². The fourth-order valence-electron chi connectivity index (χ4n) is 2.11. The largest absolute Gasteiger partial charge is 0.393 e. The highest BCUT2D eigenvalue weighted by atomic mass is 32.1. The summed E-state index contributed by atoms with van der Waals surface area (Å²) in [4.78, 5) is 12.6. The lowest BCUT2D eigenvalue weighted by Crippen LogP contribution is -2.26. The van der Waals surface area contributed by atoms with Crippen LogP contribution in [0.1, 0.15) is 35.0 Å². The Morgan fingerprint density at radius 1 is 1.50 bits per heavy atom. The van der Waals surface area contributed by atoms with Crippen LogP contribution in [0.4, 0.5) is 4.39 Å². The van der Waals surface area contributed by atoms with Crippen molar-refractivity contribution in [1.82, 2.24) is 5.32 Å². The summed E-state index contributed by atoms with van der Waals surface area (Å²) in [6, 6.07) is 4.86. The van der Waals surface area contributed by atoms with Gasteiger partial charge in [0.05, 0.1) is 11.0 Å². The van der Waals surface area contributed by atoms with Crippen LogP contribution in [0.2, 0.25) is 0 Å². The van der Waals surface area contributed by atoms with Gasteiger partial charge in [-0.15, -0.1) is 11.3 Å². The Labute approximate surface area is 121 Å². The van der Waals surface area contributed by atoms with Crippen molar-refractivity contribution in [2.24, 2.45) is 0 Å². The summed E-state index contributed by atoms with van der Waals surface area (Å²) in [7, 11) is 0. The van der Waals surface area contributed by atoms with E-state index < -0.39 is 6.10 Å². The minimum Gasteiger partial charge on any atom is -0.393 e. The van der Waals surface area contributed by atoms with Crippen LogP contribution in [0.15, 0.2) is 18.2 Å². The molecule has 0 spiro atoms. The summed E-state index contributed by atoms with van der Waals surface area (Å²) in [5.41, 5.74) is 0.677. The maximum absolute atomic E-state index is 13.8. The van der Waals surface area contributed by atoms with E-state index in [1.165, 1.54) is 17.4 Å². The monoisotopic (exact) mass is 295 g/mol. The number of hydrogen-bond acceptors (Lipinski definition) is 3. The third-order valence-corrected chi connectivity index (χ3v) is 4.60. The fraction of sp³-hybridized carbons (Fsp3) is 0.400. The van der Waals surface area contributed by atoms with E-state index in [2.05, 4.69) is 5.32 Å². The molecule has 1 atom stereocenters. The maximum Gasteiger partial charge on any atom is 0.261 e. The number of aliphatic hydroxyl groups is 1. The summed E-state index contributed by atoms with van der Waals surface area (Å²) in [5.74, 6) is -0.497. The molecule has 1 unspecified atom stereocenters. The molecule has 0 saturated carbocycles. The zero-order chi connectivity index (χ0) is 14.7. The second kappa shape index (κ2) is 6.33. The zero-order valence-electron chi connectivity index (χ0n) is 11.6. The molecule has 0 bridgehead atoms. The molecule has 0 aliphatic carbocycles. The van der Waals surface area contributed by atoms with E-state index in [0.29, 0.717) is 35.2 Å². The van der Waals surface area contributed by atoms with Gasteiger partial charge in [-0.2, -0.15) is 0 Å². The average molecular weight is 295 g/mol. The smallest absolute Gasteiger partial charge is 0.261 e. The lowest BCUT2D eigenvalue weighted by Gasteiger charge is -2.08. The molecule has 108 valence electrons. The minimum atomic E-state index is -0.392. The number of rotatable bonds is 5. The predicted molar refractivity (Wildman–Crippen MR) is 79.8 cm³/mol. The SMILES string of the molecule is CCC(O)CCNC(=O)c1sc2cccc(F)c2c1C. The number of nitrogens with one attached hydrogen (secondary N) is 1. The predicted octanol–water partition coefficient (Wildman–Crippen LogP) is 3.24. The number of hydrogen-bond donors (Lipinski definition) is 2. The standard InChI is InChI=1S/C15H18FNO2S/c1-3-10(18)7-8-17-15(19)14-9(2)13-11(16)5-4-6-12(13)20-14/h4-6,10,18H,3,7-8H2,1-2H3,(H,17,19). The molecule has 3 nitrogen and oxygen atoms in total. The molecule has 0 fully saturated rings. The van der Waals surface area contributed by atoms with Crippen molar-refractivity contribution < 1.29 is 14.3 Å². The van der Waals surface area contributed by atoms with Crippen molar-refractivity contribution in [3.63, 3.8) is 0 Å². The Balaban J connectivity index is 2.15. The number of fused-ring (bicyclic) bond motifs is 1. The van der Waals surface area contributed by atoms with Gasteiger partial charge in [0.25, 0.3) is 5.91 Å². The molecule has 5 heteroatoms. The third kappa shape index (κ3) is 2.99. The Morgan fingerprint density at radius 3 is 2.90 bits per heavy atom. The molecular weight excluding hydrogens is 277 g/mol. The Bertz CT molecular complexity index is 624. The van der Waals surface area contributed by atoms with Gasteiger partial charge in [0, 0.05) is 16.6 Å². The first-order valence-corrected chi connectivity index (χ1v) is 7.50. The van der Waals surface area contributed by atoms with E-state index in [-0.39, 0.29) is 11.7 Å². The number of amides is 1. The van der Waals surface area contributed by atoms with Gasteiger partial charge in [0.15, 0.2) is 0 Å². The van der Waals surface area contributed by atoms with E-state index in [4.69, 9.17) is 0 Å². The molecule has 1 aromatic heterocycles. The third-order valence-electron chi connectivity index (χ3n) is 3.34. The first-order valence-electron chi connectivity index (χ1n) is 6.68. The summed E-state index contributed by atoms with van der Waals surface area (Å²) in [5, 5.41) is 12.7. The number of carbonyl (C=O) groups excluding carboxylic acids is 1. The number of thiophene rings is 1. The molecule has 2 aromatic rings. The number of carbonyl (C=O) groups is 1. The van der Waals surface area contributed by atoms with Gasteiger partial charge in [-0.05, 0) is 37.5 Å². The van der Waals surface area contributed by atoms with Gasteiger partial charge in [-0.1, -0.05) is 13.0 Å². The van der Waals surface area contributed by atoms with E-state index in [1.807, 2.05) is 13.0 Å². The lowest BCUT2D eigenvalue weighted by atomic mass is 10.1. The van der Waals surface area contributed by atoms with E-state index >= 15 is 0 Å². The molecule has 0 saturated heterocycles. The van der Waals surface area contributed by atoms with Crippen molar-refractivity contribution in [3.05, 3.63) is 34.5 Å². The minimum absolute atomic E-state index is 0.202. The molecule has 0 aliphatic rings. The first-order chi connectivity index (χ1) is 9.54. The average Bonchev–Trinajstić information content (AvgIpc) is 2.77. The number of aliphatic hydroxyl groups excluding tert-OH is 1. The summed E-state index contributed by atoms with van der Waals surface area (Å²) < 4.78 is 14.5. The highest BCUT2D eigenvalue weighted by Crippen LogP contribution is 2.32. The molecule has 20 heavy (non-hydrogen) atoms. The van der Waals surface area contributed by atoms with Crippen molar-refractivity contribution in [2.45, 2.75) is 32.8 Å². The molecule has 2 rings (SSSR count). The van der Waals surface area contributed by atoms with Gasteiger partial charge in [-0.25, -0.2) is 4.39 Å². The second-order valence-electron chi connectivity index (χ2n) is 4.78. The number of benzene rings is 1. The van der Waals surface area contributed by atoms with E-state index in [0.717, 1.165) is 4.70 Å². The van der Waals surface area contributed by atoms with Gasteiger partial charge in [0.2, 0.25) is 0 Å². The molecular formula is C15H18FNO2S. The van der Waals surface area contributed by atoms with Crippen molar-refractivity contribution in [3.8, 4) is 0 Å². The van der Waals surface area contributed by atoms with Crippen LogP contribution >= 0.6 is 11.3 Å². The molecule has 2 N–H and O–H groups in total. The first kappa shape index (κ1) is 14.9. The summed E-state index contributed by atoms with van der Waals surface area (Å²) in [6.45, 7) is 4.08.